The van der Waals surface area contributed by atoms with Gasteiger partial charge in [0.2, 0.25) is 10.0 Å². The molecule has 0 aromatic heterocycles. The molecule has 0 bridgehead atoms. The molecule has 20 heavy (non-hydrogen) atoms. The Balaban J connectivity index is 0.00000200. The van der Waals surface area contributed by atoms with E-state index < -0.39 is 10.0 Å². The van der Waals surface area contributed by atoms with E-state index in [1.807, 2.05) is 0 Å². The van der Waals surface area contributed by atoms with Gasteiger partial charge in [0.15, 0.2) is 0 Å². The van der Waals surface area contributed by atoms with Gasteiger partial charge >= 0.3 is 0 Å². The minimum atomic E-state index is -3.58. The molecule has 1 unspecified atom stereocenters. The van der Waals surface area contributed by atoms with E-state index in [0.717, 1.165) is 6.42 Å². The van der Waals surface area contributed by atoms with E-state index >= 15 is 0 Å². The van der Waals surface area contributed by atoms with Crippen LogP contribution in [0.15, 0.2) is 23.1 Å². The van der Waals surface area contributed by atoms with Crippen molar-refractivity contribution in [2.75, 3.05) is 26.7 Å². The summed E-state index contributed by atoms with van der Waals surface area (Å²) in [5.41, 5.74) is 5.59. The van der Waals surface area contributed by atoms with Crippen LogP contribution in [0.5, 0.6) is 5.75 Å². The summed E-state index contributed by atoms with van der Waals surface area (Å²) in [4.78, 5) is 0.111. The zero-order valence-corrected chi connectivity index (χ0v) is 13.5. The molecule has 1 atom stereocenters. The van der Waals surface area contributed by atoms with E-state index in [9.17, 15) is 8.42 Å². The van der Waals surface area contributed by atoms with E-state index in [1.165, 1.54) is 17.5 Å². The van der Waals surface area contributed by atoms with Gasteiger partial charge in [0.05, 0.1) is 7.11 Å². The van der Waals surface area contributed by atoms with Crippen molar-refractivity contribution in [1.82, 2.24) is 4.31 Å². The molecule has 0 saturated carbocycles. The van der Waals surface area contributed by atoms with Crippen LogP contribution >= 0.6 is 24.0 Å². The lowest BCUT2D eigenvalue weighted by atomic mass is 10.1. The molecule has 114 valence electrons. The fraction of sp³-hybridized carbons (Fsp3) is 0.500. The second kappa shape index (κ2) is 6.95. The van der Waals surface area contributed by atoms with Crippen LogP contribution in [0.1, 0.15) is 6.42 Å². The first kappa shape index (κ1) is 17.5. The molecule has 8 heteroatoms. The Morgan fingerprint density at radius 1 is 1.50 bits per heavy atom. The third-order valence-electron chi connectivity index (χ3n) is 3.33. The predicted molar refractivity (Wildman–Crippen MR) is 81.2 cm³/mol. The molecule has 1 heterocycles. The summed E-state index contributed by atoms with van der Waals surface area (Å²) in [6, 6.07) is 4.59. The molecule has 2 N–H and O–H groups in total. The molecule has 1 saturated heterocycles. The van der Waals surface area contributed by atoms with Gasteiger partial charge in [-0.1, -0.05) is 11.6 Å². The first-order valence-corrected chi connectivity index (χ1v) is 7.84. The smallest absolute Gasteiger partial charge is 0.246 e. The Kier molecular flexibility index (Phi) is 6.09. The lowest BCUT2D eigenvalue weighted by molar-refractivity contribution is 0.397. The summed E-state index contributed by atoms with van der Waals surface area (Å²) in [7, 11) is -2.14. The third kappa shape index (κ3) is 3.38. The number of rotatable bonds is 4. The van der Waals surface area contributed by atoms with Crippen LogP contribution in [0.2, 0.25) is 5.02 Å². The number of nitrogens with two attached hydrogens (primary N) is 1. The van der Waals surface area contributed by atoms with Gasteiger partial charge < -0.3 is 10.5 Å². The Bertz CT molecular complexity index is 566. The van der Waals surface area contributed by atoms with Crippen molar-refractivity contribution in [1.29, 1.82) is 0 Å². The third-order valence-corrected chi connectivity index (χ3v) is 5.45. The zero-order chi connectivity index (χ0) is 14.0. The second-order valence-electron chi connectivity index (χ2n) is 4.55. The van der Waals surface area contributed by atoms with Crippen molar-refractivity contribution in [2.45, 2.75) is 11.3 Å². The highest BCUT2D eigenvalue weighted by molar-refractivity contribution is 7.89. The Morgan fingerprint density at radius 3 is 2.75 bits per heavy atom. The zero-order valence-electron chi connectivity index (χ0n) is 11.1. The number of hydrogen-bond donors (Lipinski definition) is 1. The van der Waals surface area contributed by atoms with Crippen LogP contribution in [-0.4, -0.2) is 39.5 Å². The maximum Gasteiger partial charge on any atom is 0.246 e. The van der Waals surface area contributed by atoms with E-state index in [1.54, 1.807) is 12.1 Å². The van der Waals surface area contributed by atoms with E-state index in [0.29, 0.717) is 30.4 Å². The number of nitrogens with zero attached hydrogens (tertiary/aromatic N) is 1. The van der Waals surface area contributed by atoms with Crippen LogP contribution in [0.3, 0.4) is 0 Å². The van der Waals surface area contributed by atoms with Crippen molar-refractivity contribution < 1.29 is 13.2 Å². The number of benzene rings is 1. The van der Waals surface area contributed by atoms with E-state index in [4.69, 9.17) is 22.1 Å². The summed E-state index contributed by atoms with van der Waals surface area (Å²) in [6.45, 7) is 1.44. The minimum Gasteiger partial charge on any atom is -0.495 e. The van der Waals surface area contributed by atoms with Crippen LogP contribution < -0.4 is 10.5 Å². The standard InChI is InChI=1S/C12H17ClN2O3S.ClH/c1-18-11-3-2-10(13)6-12(11)19(16,17)15-5-4-9(7-14)8-15;/h2-3,6,9H,4-5,7-8,14H2,1H3;1H. The van der Waals surface area contributed by atoms with Crippen LogP contribution in [-0.2, 0) is 10.0 Å². The Labute approximate surface area is 130 Å². The highest BCUT2D eigenvalue weighted by Gasteiger charge is 2.33. The van der Waals surface area contributed by atoms with Gasteiger partial charge in [0.25, 0.3) is 0 Å². The van der Waals surface area contributed by atoms with Crippen molar-refractivity contribution in [3.05, 3.63) is 23.2 Å². The van der Waals surface area contributed by atoms with E-state index in [2.05, 4.69) is 0 Å². The first-order valence-electron chi connectivity index (χ1n) is 6.02. The summed E-state index contributed by atoms with van der Waals surface area (Å²) in [5.74, 6) is 0.528. The number of methoxy groups -OCH3 is 1. The molecular formula is C12H18Cl2N2O3S. The average molecular weight is 341 g/mol. The number of ether oxygens (including phenoxy) is 1. The minimum absolute atomic E-state index is 0. The molecule has 5 nitrogen and oxygen atoms in total. The van der Waals surface area contributed by atoms with Gasteiger partial charge in [-0.05, 0) is 37.1 Å². The van der Waals surface area contributed by atoms with E-state index in [-0.39, 0.29) is 23.2 Å². The summed E-state index contributed by atoms with van der Waals surface area (Å²) >= 11 is 5.88. The SMILES string of the molecule is COc1ccc(Cl)cc1S(=O)(=O)N1CCC(CN)C1.Cl. The number of sulfonamides is 1. The highest BCUT2D eigenvalue weighted by Crippen LogP contribution is 2.32. The maximum atomic E-state index is 12.6. The van der Waals surface area contributed by atoms with Gasteiger partial charge in [-0.15, -0.1) is 12.4 Å². The van der Waals surface area contributed by atoms with Crippen molar-refractivity contribution >= 4 is 34.0 Å². The molecule has 1 aliphatic heterocycles. The summed E-state index contributed by atoms with van der Waals surface area (Å²) in [6.07, 6.45) is 0.790. The fourth-order valence-corrected chi connectivity index (χ4v) is 4.15. The second-order valence-corrected chi connectivity index (χ2v) is 6.89. The lowest BCUT2D eigenvalue weighted by Gasteiger charge is -2.18. The number of halogens is 2. The topological polar surface area (TPSA) is 72.6 Å². The molecule has 1 aromatic carbocycles. The first-order chi connectivity index (χ1) is 8.98. The largest absolute Gasteiger partial charge is 0.495 e. The van der Waals surface area contributed by atoms with Crippen LogP contribution in [0, 0.1) is 5.92 Å². The molecule has 0 aliphatic carbocycles. The maximum absolute atomic E-state index is 12.6. The van der Waals surface area contributed by atoms with Gasteiger partial charge in [-0.3, -0.25) is 0 Å². The van der Waals surface area contributed by atoms with Crippen LogP contribution in [0.4, 0.5) is 0 Å². The van der Waals surface area contributed by atoms with Gasteiger partial charge in [-0.25, -0.2) is 8.42 Å². The predicted octanol–water partition coefficient (Wildman–Crippen LogP) is 1.74. The number of hydrogen-bond acceptors (Lipinski definition) is 4. The molecule has 1 aliphatic rings. The quantitative estimate of drug-likeness (QED) is 0.905. The van der Waals surface area contributed by atoms with Crippen molar-refractivity contribution in [3.63, 3.8) is 0 Å². The monoisotopic (exact) mass is 340 g/mol. The van der Waals surface area contributed by atoms with Crippen LogP contribution in [0.25, 0.3) is 0 Å². The Hall–Kier alpha value is -0.530. The van der Waals surface area contributed by atoms with Gasteiger partial charge in [-0.2, -0.15) is 4.31 Å². The van der Waals surface area contributed by atoms with Crippen molar-refractivity contribution in [3.8, 4) is 5.75 Å². The molecule has 0 amide bonds. The molecule has 1 fully saturated rings. The molecule has 1 aromatic rings. The highest BCUT2D eigenvalue weighted by atomic mass is 35.5. The van der Waals surface area contributed by atoms with Gasteiger partial charge in [0.1, 0.15) is 10.6 Å². The molecule has 0 radical (unpaired) electrons. The van der Waals surface area contributed by atoms with Crippen molar-refractivity contribution in [2.24, 2.45) is 11.7 Å². The normalized spacial score (nSPS) is 19.6. The summed E-state index contributed by atoms with van der Waals surface area (Å²) in [5, 5.41) is 0.369. The lowest BCUT2D eigenvalue weighted by Crippen LogP contribution is -2.30. The van der Waals surface area contributed by atoms with Gasteiger partial charge in [0, 0.05) is 18.1 Å². The molecule has 2 rings (SSSR count). The molecule has 0 spiro atoms. The average Bonchev–Trinajstić information content (AvgIpc) is 2.88. The fourth-order valence-electron chi connectivity index (χ4n) is 2.20. The molecular weight excluding hydrogens is 323 g/mol. The Morgan fingerprint density at radius 2 is 2.20 bits per heavy atom. The summed E-state index contributed by atoms with van der Waals surface area (Å²) < 4.78 is 31.7.